The van der Waals surface area contributed by atoms with Crippen LogP contribution in [0.15, 0.2) is 18.2 Å². The van der Waals surface area contributed by atoms with Crippen molar-refractivity contribution in [1.82, 2.24) is 9.80 Å². The van der Waals surface area contributed by atoms with Gasteiger partial charge >= 0.3 is 0 Å². The summed E-state index contributed by atoms with van der Waals surface area (Å²) in [6, 6.07) is 5.32. The third-order valence-corrected chi connectivity index (χ3v) is 5.39. The molecule has 7 nitrogen and oxygen atoms in total. The number of aliphatic hydroxyl groups excluding tert-OH is 1. The molecule has 3 unspecified atom stereocenters. The summed E-state index contributed by atoms with van der Waals surface area (Å²) in [5.74, 6) is 1.02. The predicted octanol–water partition coefficient (Wildman–Crippen LogP) is 1.000. The smallest absolute Gasteiger partial charge is 0.254 e. The summed E-state index contributed by atoms with van der Waals surface area (Å²) in [4.78, 5) is 17.3. The number of likely N-dealkylation sites (tertiary alicyclic amines) is 1. The molecule has 1 N–H and O–H groups in total. The van der Waals surface area contributed by atoms with E-state index in [0.717, 1.165) is 13.1 Å². The van der Waals surface area contributed by atoms with Crippen LogP contribution >= 0.6 is 0 Å². The molecule has 1 aromatic carbocycles. The zero-order valence-corrected chi connectivity index (χ0v) is 15.7. The molecule has 2 aliphatic heterocycles. The molecule has 1 aromatic rings. The number of ether oxygens (including phenoxy) is 3. The zero-order valence-electron chi connectivity index (χ0n) is 15.7. The van der Waals surface area contributed by atoms with Gasteiger partial charge in [0.15, 0.2) is 11.5 Å². The number of methoxy groups -OCH3 is 2. The van der Waals surface area contributed by atoms with Gasteiger partial charge in [0.25, 0.3) is 5.91 Å². The van der Waals surface area contributed by atoms with E-state index in [1.54, 1.807) is 37.3 Å². The van der Waals surface area contributed by atoms with E-state index in [0.29, 0.717) is 43.2 Å². The monoisotopic (exact) mass is 364 g/mol. The Bertz CT molecular complexity index is 632. The number of aliphatic hydroxyl groups is 1. The third kappa shape index (κ3) is 3.79. The molecule has 0 bridgehead atoms. The fourth-order valence-electron chi connectivity index (χ4n) is 3.90. The van der Waals surface area contributed by atoms with Crippen molar-refractivity contribution in [2.45, 2.75) is 31.5 Å². The first kappa shape index (κ1) is 18.9. The molecule has 2 heterocycles. The lowest BCUT2D eigenvalue weighted by Crippen LogP contribution is -2.52. The average molecular weight is 364 g/mol. The van der Waals surface area contributed by atoms with Gasteiger partial charge in [-0.1, -0.05) is 0 Å². The minimum atomic E-state index is -0.493. The van der Waals surface area contributed by atoms with Gasteiger partial charge in [0.2, 0.25) is 0 Å². The predicted molar refractivity (Wildman–Crippen MR) is 96.8 cm³/mol. The lowest BCUT2D eigenvalue weighted by molar-refractivity contribution is 0.00268. The molecule has 2 saturated heterocycles. The Morgan fingerprint density at radius 2 is 1.92 bits per heavy atom. The number of β-amino-alcohol motifs (C(OH)–C–C–N with tert-alkyl or cyclic N) is 1. The molecule has 1 amide bonds. The zero-order chi connectivity index (χ0) is 18.7. The van der Waals surface area contributed by atoms with Crippen LogP contribution in [0.25, 0.3) is 0 Å². The third-order valence-electron chi connectivity index (χ3n) is 5.39. The lowest BCUT2D eigenvalue weighted by atomic mass is 10.0. The minimum Gasteiger partial charge on any atom is -0.493 e. The largest absolute Gasteiger partial charge is 0.493 e. The quantitative estimate of drug-likeness (QED) is 0.841. The van der Waals surface area contributed by atoms with Crippen molar-refractivity contribution >= 4 is 5.91 Å². The minimum absolute atomic E-state index is 0.0244. The number of carbonyl (C=O) groups is 1. The van der Waals surface area contributed by atoms with Crippen molar-refractivity contribution in [1.29, 1.82) is 0 Å². The van der Waals surface area contributed by atoms with Gasteiger partial charge in [0, 0.05) is 37.3 Å². The number of nitrogens with zero attached hydrogens (tertiary/aromatic N) is 2. The van der Waals surface area contributed by atoms with E-state index in [1.807, 2.05) is 0 Å². The van der Waals surface area contributed by atoms with Gasteiger partial charge in [-0.3, -0.25) is 9.69 Å². The molecular weight excluding hydrogens is 336 g/mol. The van der Waals surface area contributed by atoms with Crippen LogP contribution in [0.5, 0.6) is 11.5 Å². The molecule has 0 aliphatic carbocycles. The van der Waals surface area contributed by atoms with Gasteiger partial charge in [-0.05, 0) is 31.5 Å². The highest BCUT2D eigenvalue weighted by Crippen LogP contribution is 2.30. The van der Waals surface area contributed by atoms with Gasteiger partial charge in [0.1, 0.15) is 0 Å². The molecular formula is C19H28N2O5. The number of hydrogen-bond acceptors (Lipinski definition) is 6. The standard InChI is InChI=1S/C19H28N2O5/c1-13(20-6-8-26-9-7-20)16-11-15(22)12-21(16)19(23)14-4-5-17(24-2)18(10-14)25-3/h4-5,10,13,15-16,22H,6-9,11-12H2,1-3H3. The highest BCUT2D eigenvalue weighted by molar-refractivity contribution is 5.95. The summed E-state index contributed by atoms with van der Waals surface area (Å²) in [5, 5.41) is 10.2. The molecule has 3 atom stereocenters. The normalized spacial score (nSPS) is 25.2. The molecule has 26 heavy (non-hydrogen) atoms. The number of morpholine rings is 1. The van der Waals surface area contributed by atoms with Crippen LogP contribution in [0.3, 0.4) is 0 Å². The van der Waals surface area contributed by atoms with Gasteiger partial charge < -0.3 is 24.2 Å². The van der Waals surface area contributed by atoms with Crippen LogP contribution in [0.2, 0.25) is 0 Å². The Morgan fingerprint density at radius 1 is 1.23 bits per heavy atom. The molecule has 2 fully saturated rings. The molecule has 3 rings (SSSR count). The maximum absolute atomic E-state index is 13.1. The number of amides is 1. The average Bonchev–Trinajstić information content (AvgIpc) is 3.08. The maximum Gasteiger partial charge on any atom is 0.254 e. The number of hydrogen-bond donors (Lipinski definition) is 1. The van der Waals surface area contributed by atoms with Crippen LogP contribution in [0.4, 0.5) is 0 Å². The van der Waals surface area contributed by atoms with E-state index in [2.05, 4.69) is 11.8 Å². The first-order chi connectivity index (χ1) is 12.5. The van der Waals surface area contributed by atoms with Gasteiger partial charge in [-0.15, -0.1) is 0 Å². The summed E-state index contributed by atoms with van der Waals surface area (Å²) >= 11 is 0. The second kappa shape index (κ2) is 8.24. The Kier molecular flexibility index (Phi) is 6.01. The van der Waals surface area contributed by atoms with Crippen LogP contribution < -0.4 is 9.47 Å². The fraction of sp³-hybridized carbons (Fsp3) is 0.632. The van der Waals surface area contributed by atoms with E-state index in [9.17, 15) is 9.90 Å². The summed E-state index contributed by atoms with van der Waals surface area (Å²) in [6.45, 7) is 5.61. The summed E-state index contributed by atoms with van der Waals surface area (Å²) in [5.41, 5.74) is 0.538. The Morgan fingerprint density at radius 3 is 2.58 bits per heavy atom. The second-order valence-electron chi connectivity index (χ2n) is 6.87. The molecule has 2 aliphatic rings. The van der Waals surface area contributed by atoms with Crippen molar-refractivity contribution in [2.24, 2.45) is 0 Å². The van der Waals surface area contributed by atoms with Gasteiger partial charge in [-0.2, -0.15) is 0 Å². The summed E-state index contributed by atoms with van der Waals surface area (Å²) in [7, 11) is 3.12. The van der Waals surface area contributed by atoms with E-state index >= 15 is 0 Å². The lowest BCUT2D eigenvalue weighted by Gasteiger charge is -2.38. The molecule has 7 heteroatoms. The van der Waals surface area contributed by atoms with Crippen LogP contribution in [-0.4, -0.2) is 86.1 Å². The molecule has 0 radical (unpaired) electrons. The van der Waals surface area contributed by atoms with E-state index in [4.69, 9.17) is 14.2 Å². The van der Waals surface area contributed by atoms with Crippen molar-refractivity contribution in [2.75, 3.05) is 47.1 Å². The van der Waals surface area contributed by atoms with Crippen molar-refractivity contribution in [3.05, 3.63) is 23.8 Å². The fourth-order valence-corrected chi connectivity index (χ4v) is 3.90. The van der Waals surface area contributed by atoms with Crippen LogP contribution in [0, 0.1) is 0 Å². The van der Waals surface area contributed by atoms with Crippen LogP contribution in [0.1, 0.15) is 23.7 Å². The Hall–Kier alpha value is -1.83. The summed E-state index contributed by atoms with van der Waals surface area (Å²) < 4.78 is 16.0. The van der Waals surface area contributed by atoms with Gasteiger partial charge in [0.05, 0.1) is 33.5 Å². The molecule has 0 spiro atoms. The Labute approximate surface area is 154 Å². The number of carbonyl (C=O) groups excluding carboxylic acids is 1. The van der Waals surface area contributed by atoms with Crippen molar-refractivity contribution in [3.8, 4) is 11.5 Å². The first-order valence-electron chi connectivity index (χ1n) is 9.08. The van der Waals surface area contributed by atoms with E-state index in [1.165, 1.54) is 0 Å². The molecule has 0 aromatic heterocycles. The van der Waals surface area contributed by atoms with Crippen molar-refractivity contribution in [3.63, 3.8) is 0 Å². The van der Waals surface area contributed by atoms with Crippen molar-refractivity contribution < 1.29 is 24.1 Å². The Balaban J connectivity index is 1.80. The molecule has 0 saturated carbocycles. The highest BCUT2D eigenvalue weighted by atomic mass is 16.5. The van der Waals surface area contributed by atoms with E-state index < -0.39 is 6.10 Å². The SMILES string of the molecule is COc1ccc(C(=O)N2CC(O)CC2C(C)N2CCOCC2)cc1OC. The highest BCUT2D eigenvalue weighted by Gasteiger charge is 2.40. The summed E-state index contributed by atoms with van der Waals surface area (Å²) in [6.07, 6.45) is 0.102. The molecule has 144 valence electrons. The van der Waals surface area contributed by atoms with E-state index in [-0.39, 0.29) is 18.0 Å². The number of benzene rings is 1. The van der Waals surface area contributed by atoms with Gasteiger partial charge in [-0.25, -0.2) is 0 Å². The maximum atomic E-state index is 13.1. The number of rotatable bonds is 5. The second-order valence-corrected chi connectivity index (χ2v) is 6.87. The van der Waals surface area contributed by atoms with Crippen LogP contribution in [-0.2, 0) is 4.74 Å². The topological polar surface area (TPSA) is 71.5 Å². The first-order valence-corrected chi connectivity index (χ1v) is 9.08.